The van der Waals surface area contributed by atoms with E-state index in [-0.39, 0.29) is 98.2 Å². The van der Waals surface area contributed by atoms with Crippen LogP contribution in [-0.2, 0) is 0 Å². The number of primary amides is 1. The molecule has 3 saturated carbocycles. The summed E-state index contributed by atoms with van der Waals surface area (Å²) in [5.74, 6) is -6.10. The first-order valence-electron chi connectivity index (χ1n) is 27.9. The highest BCUT2D eigenvalue weighted by molar-refractivity contribution is 6.41. The largest absolute Gasteiger partial charge is 0.366 e. The Morgan fingerprint density at radius 3 is 1.07 bits per heavy atom. The van der Waals surface area contributed by atoms with Crippen molar-refractivity contribution < 1.29 is 38.4 Å². The van der Waals surface area contributed by atoms with Crippen LogP contribution in [0.1, 0.15) is 178 Å². The van der Waals surface area contributed by atoms with Gasteiger partial charge in [0.05, 0.1) is 62.4 Å². The van der Waals surface area contributed by atoms with E-state index in [1.807, 2.05) is 24.3 Å². The van der Waals surface area contributed by atoms with Crippen LogP contribution in [0, 0.1) is 5.92 Å². The van der Waals surface area contributed by atoms with E-state index in [2.05, 4.69) is 0 Å². The predicted molar refractivity (Wildman–Crippen MR) is 296 cm³/mol. The van der Waals surface area contributed by atoms with Crippen LogP contribution >= 0.6 is 0 Å². The lowest BCUT2D eigenvalue weighted by atomic mass is 9.77. The van der Waals surface area contributed by atoms with Crippen molar-refractivity contribution in [2.75, 3.05) is 0 Å². The average Bonchev–Trinajstić information content (AvgIpc) is 4.20. The number of rotatable bonds is 1. The second-order valence-electron chi connectivity index (χ2n) is 23.4. The highest BCUT2D eigenvalue weighted by Gasteiger charge is 2.49. The van der Waals surface area contributed by atoms with Gasteiger partial charge in [-0.3, -0.25) is 81.4 Å². The molecule has 7 aromatic carbocycles. The lowest BCUT2D eigenvalue weighted by Gasteiger charge is -2.41. The molecule has 0 saturated heterocycles. The number of hydrogen-bond donors (Lipinski definition) is 1. The van der Waals surface area contributed by atoms with Crippen LogP contribution < -0.4 is 28.0 Å². The molecule has 0 radical (unpaired) electrons. The number of ketones is 1. The molecule has 400 valence electrons. The Bertz CT molecular complexity index is 4630. The summed E-state index contributed by atoms with van der Waals surface area (Å²) in [4.78, 5) is 180. The van der Waals surface area contributed by atoms with Crippen molar-refractivity contribution in [1.82, 2.24) is 23.8 Å². The minimum Gasteiger partial charge on any atom is -0.366 e. The number of carbonyl (C=O) groups is 8. The minimum atomic E-state index is -1.05. The van der Waals surface area contributed by atoms with Crippen molar-refractivity contribution >= 4 is 112 Å². The maximum absolute atomic E-state index is 15.2. The predicted octanol–water partition coefficient (Wildman–Crippen LogP) is 7.36. The number of nitrogens with zero attached hydrogens (tertiary/aromatic N) is 5. The topological polar surface area (TPSA) is 250 Å². The first-order valence-corrected chi connectivity index (χ1v) is 27.9. The Morgan fingerprint density at radius 2 is 0.679 bits per heavy atom. The molecule has 3 aliphatic carbocycles. The second kappa shape index (κ2) is 16.4. The highest BCUT2D eigenvalue weighted by Crippen LogP contribution is 2.49. The highest BCUT2D eigenvalue weighted by atomic mass is 16.2. The summed E-state index contributed by atoms with van der Waals surface area (Å²) in [7, 11) is 0. The van der Waals surface area contributed by atoms with E-state index in [0.717, 1.165) is 20.1 Å². The van der Waals surface area contributed by atoms with Crippen LogP contribution in [0.15, 0.2) is 92.0 Å². The van der Waals surface area contributed by atoms with Gasteiger partial charge in [0.15, 0.2) is 5.78 Å². The summed E-state index contributed by atoms with van der Waals surface area (Å²) in [6.07, 6.45) is 5.01. The Balaban J connectivity index is 0.907. The number of imide groups is 3. The van der Waals surface area contributed by atoms with E-state index < -0.39 is 105 Å². The molecule has 0 unspecified atom stereocenters. The van der Waals surface area contributed by atoms with Crippen molar-refractivity contribution in [2.24, 2.45) is 11.7 Å². The zero-order valence-corrected chi connectivity index (χ0v) is 43.3. The lowest BCUT2D eigenvalue weighted by Crippen LogP contribution is -2.53. The van der Waals surface area contributed by atoms with E-state index >= 15 is 19.2 Å². The Kier molecular flexibility index (Phi) is 9.65. The molecule has 23 bridgehead atoms. The summed E-state index contributed by atoms with van der Waals surface area (Å²) < 4.78 is 2.06. The molecule has 15 aliphatic heterocycles. The van der Waals surface area contributed by atoms with E-state index in [9.17, 15) is 38.4 Å². The molecular weight excluding hydrogens is 1030 g/mol. The van der Waals surface area contributed by atoms with Gasteiger partial charge >= 0.3 is 0 Å². The summed E-state index contributed by atoms with van der Waals surface area (Å²) >= 11 is 0. The van der Waals surface area contributed by atoms with Gasteiger partial charge in [0, 0.05) is 51.1 Å². The van der Waals surface area contributed by atoms with Gasteiger partial charge in [-0.25, -0.2) is 0 Å². The van der Waals surface area contributed by atoms with E-state index in [4.69, 9.17) is 5.73 Å². The molecule has 0 spiro atoms. The summed E-state index contributed by atoms with van der Waals surface area (Å²) in [6, 6.07) is 14.1. The zero-order chi connectivity index (χ0) is 55.5. The molecule has 7 amide bonds. The molecule has 9 aromatic rings. The van der Waals surface area contributed by atoms with Crippen LogP contribution in [0.2, 0.25) is 0 Å². The molecule has 2 N–H and O–H groups in total. The SMILES string of the molecule is NC(=O)c1cc2c3cc1C(=O)C[C@@H]1CCCC[C@H]1N1C(=O)c4ccc5c6ccc7c8c(ccc(c9ccc(c4c59)C1=O)c86)C(=O)N(C7=O)[C@@H]1CCCC[C@H]1n1c(=O)c4cc5c(=O)n(c(=O)c5cc4c1=O)[C@@H]1CCCC[C@H]1N(C2=O)C3=O. The Hall–Kier alpha value is -9.32. The molecule has 27 rings (SSSR count). The molecule has 81 heavy (non-hydrogen) atoms. The maximum Gasteiger partial charge on any atom is 0.261 e. The fraction of sp³-hybridized carbons (Fsp3) is 0.302. The van der Waals surface area contributed by atoms with E-state index in [1.165, 1.54) is 28.0 Å². The van der Waals surface area contributed by atoms with Gasteiger partial charge in [0.25, 0.3) is 57.7 Å². The first kappa shape index (κ1) is 47.7. The molecule has 18 heteroatoms. The van der Waals surface area contributed by atoms with Gasteiger partial charge < -0.3 is 5.73 Å². The fourth-order valence-electron chi connectivity index (χ4n) is 16.1. The standard InChI is InChI=1S/C63H46N6O12/c64-53(71)36-23-38-37-22-35(36)48(70)21-26-7-1-2-8-43(26)65-54(72)31-17-13-27-29-15-19-33-52-34(20-16-30(50(29)52)28-14-18-32(55(65)73)51(31)49(27)28)57(75)66(56(33)74)44-9-3-4-10-45(44)68-60(78)39-24-41-42(25-40(39)61(68)79)63(81)69(62(41)80)47-12-6-5-11-46(47)67(58(37)76)59(38)77/h13-20,22-26,43-47H,1-12,21H2,(H2,64,71)/t26-,43+,44+,45+,46+,47+/m0/s1. The second-order valence-corrected chi connectivity index (χ2v) is 23.4. The number of carbonyl (C=O) groups excluding carboxylic acids is 8. The van der Waals surface area contributed by atoms with Crippen molar-refractivity contribution in [3.05, 3.63) is 159 Å². The number of amides is 7. The lowest BCUT2D eigenvalue weighted by molar-refractivity contribution is 0.0404. The van der Waals surface area contributed by atoms with Gasteiger partial charge in [-0.1, -0.05) is 62.8 Å². The number of benzene rings is 7. The molecule has 18 nitrogen and oxygen atoms in total. The average molecular weight is 1080 g/mol. The number of Topliss-reactive ketones (excluding diaryl/α,β-unsaturated/α-hetero) is 1. The third-order valence-electron chi connectivity index (χ3n) is 19.6. The molecule has 17 heterocycles. The van der Waals surface area contributed by atoms with Crippen molar-refractivity contribution in [1.29, 1.82) is 0 Å². The van der Waals surface area contributed by atoms with Crippen molar-refractivity contribution in [2.45, 2.75) is 114 Å². The van der Waals surface area contributed by atoms with Crippen LogP contribution in [0.3, 0.4) is 0 Å². The van der Waals surface area contributed by atoms with Gasteiger partial charge in [0.1, 0.15) is 0 Å². The van der Waals surface area contributed by atoms with Crippen LogP contribution in [-0.4, -0.2) is 89.1 Å². The fourth-order valence-corrected chi connectivity index (χ4v) is 16.1. The van der Waals surface area contributed by atoms with Crippen molar-refractivity contribution in [3.8, 4) is 0 Å². The molecule has 6 atom stereocenters. The maximum atomic E-state index is 15.2. The smallest absolute Gasteiger partial charge is 0.261 e. The summed E-state index contributed by atoms with van der Waals surface area (Å²) in [5.41, 5.74) is 3.05. The quantitative estimate of drug-likeness (QED) is 0.0962. The molecule has 2 aromatic heterocycles. The van der Waals surface area contributed by atoms with Gasteiger partial charge in [-0.15, -0.1) is 0 Å². The normalized spacial score (nSPS) is 23.8. The Labute approximate surface area is 456 Å². The molecule has 3 fully saturated rings. The van der Waals surface area contributed by atoms with E-state index in [0.29, 0.717) is 94.5 Å². The first-order chi connectivity index (χ1) is 39.1. The van der Waals surface area contributed by atoms with Gasteiger partial charge in [-0.2, -0.15) is 0 Å². The number of nitrogens with two attached hydrogens (primary N) is 1. The minimum absolute atomic E-state index is 0.125. The molecular formula is C63H46N6O12. The van der Waals surface area contributed by atoms with Crippen LogP contribution in [0.25, 0.3) is 64.6 Å². The Morgan fingerprint density at radius 1 is 0.346 bits per heavy atom. The van der Waals surface area contributed by atoms with Crippen LogP contribution in [0.5, 0.6) is 0 Å². The van der Waals surface area contributed by atoms with Gasteiger partial charge in [-0.05, 0) is 125 Å². The third-order valence-corrected chi connectivity index (χ3v) is 19.6. The molecule has 18 aliphatic rings. The van der Waals surface area contributed by atoms with E-state index in [1.54, 1.807) is 24.3 Å². The summed E-state index contributed by atoms with van der Waals surface area (Å²) in [6.45, 7) is 0. The van der Waals surface area contributed by atoms with Gasteiger partial charge in [0.2, 0.25) is 5.91 Å². The zero-order valence-electron chi connectivity index (χ0n) is 43.3. The monoisotopic (exact) mass is 1080 g/mol. The summed E-state index contributed by atoms with van der Waals surface area (Å²) in [5, 5.41) is 4.39. The van der Waals surface area contributed by atoms with Crippen LogP contribution in [0.4, 0.5) is 0 Å². The number of aromatic nitrogens is 2. The number of hydrogen-bond acceptors (Lipinski definition) is 12. The van der Waals surface area contributed by atoms with Crippen molar-refractivity contribution in [3.63, 3.8) is 0 Å². The third kappa shape index (κ3) is 6.00.